The molecule has 0 saturated carbocycles. The van der Waals surface area contributed by atoms with E-state index in [0.717, 1.165) is 5.69 Å². The molecule has 0 amide bonds. The minimum absolute atomic E-state index is 0.0596. The van der Waals surface area contributed by atoms with Crippen LogP contribution in [-0.2, 0) is 11.3 Å². The second-order valence-corrected chi connectivity index (χ2v) is 6.95. The molecule has 2 aromatic carbocycles. The van der Waals surface area contributed by atoms with Gasteiger partial charge in [-0.15, -0.1) is 5.11 Å². The Morgan fingerprint density at radius 3 is 2.66 bits per heavy atom. The molecule has 0 bridgehead atoms. The Morgan fingerprint density at radius 2 is 1.88 bits per heavy atom. The lowest BCUT2D eigenvalue weighted by Crippen LogP contribution is -2.37. The molecule has 10 nitrogen and oxygen atoms in total. The number of para-hydroxylation sites is 2. The molecule has 0 radical (unpaired) electrons. The molecule has 0 aliphatic carbocycles. The van der Waals surface area contributed by atoms with Crippen molar-refractivity contribution >= 4 is 23.5 Å². The molecule has 166 valence electrons. The number of aromatic hydroxyl groups is 1. The van der Waals surface area contributed by atoms with Gasteiger partial charge in [0.15, 0.2) is 11.5 Å². The molecule has 0 unspecified atom stereocenters. The van der Waals surface area contributed by atoms with Crippen LogP contribution in [0, 0.1) is 0 Å². The standard InChI is InChI=1S/C22H25N7O3/c1-2-32-18-10-6-7-16(19(18)30)15-23-28-21-25-20(24-17-8-4-3-5-9-17)26-22(27-21)29-11-13-31-14-12-29/h3-10,30H,2,11-15H2,1H3,(H,24,25,26,27). The van der Waals surface area contributed by atoms with Gasteiger partial charge in [-0.1, -0.05) is 30.3 Å². The summed E-state index contributed by atoms with van der Waals surface area (Å²) >= 11 is 0. The first-order valence-electron chi connectivity index (χ1n) is 10.4. The van der Waals surface area contributed by atoms with E-state index in [2.05, 4.69) is 30.5 Å². The Balaban J connectivity index is 1.56. The van der Waals surface area contributed by atoms with Gasteiger partial charge in [0, 0.05) is 24.3 Å². The first-order valence-corrected chi connectivity index (χ1v) is 10.4. The van der Waals surface area contributed by atoms with E-state index >= 15 is 0 Å². The number of rotatable bonds is 8. The minimum Gasteiger partial charge on any atom is -0.504 e. The van der Waals surface area contributed by atoms with E-state index in [0.29, 0.717) is 56.1 Å². The molecule has 10 heteroatoms. The van der Waals surface area contributed by atoms with Crippen LogP contribution in [0.25, 0.3) is 0 Å². The first kappa shape index (κ1) is 21.4. The lowest BCUT2D eigenvalue weighted by molar-refractivity contribution is 0.122. The van der Waals surface area contributed by atoms with E-state index in [-0.39, 0.29) is 18.2 Å². The number of phenols is 1. The van der Waals surface area contributed by atoms with Gasteiger partial charge in [-0.2, -0.15) is 20.1 Å². The second-order valence-electron chi connectivity index (χ2n) is 6.95. The van der Waals surface area contributed by atoms with Crippen LogP contribution in [0.3, 0.4) is 0 Å². The van der Waals surface area contributed by atoms with Crippen LogP contribution in [0.2, 0.25) is 0 Å². The third-order valence-electron chi connectivity index (χ3n) is 4.72. The average molecular weight is 435 g/mol. The fourth-order valence-electron chi connectivity index (χ4n) is 3.15. The topological polar surface area (TPSA) is 117 Å². The molecule has 1 saturated heterocycles. The zero-order valence-electron chi connectivity index (χ0n) is 17.8. The maximum absolute atomic E-state index is 10.3. The summed E-state index contributed by atoms with van der Waals surface area (Å²) in [7, 11) is 0. The van der Waals surface area contributed by atoms with Gasteiger partial charge in [0.05, 0.1) is 26.4 Å². The van der Waals surface area contributed by atoms with Crippen LogP contribution in [0.1, 0.15) is 12.5 Å². The largest absolute Gasteiger partial charge is 0.504 e. The lowest BCUT2D eigenvalue weighted by Gasteiger charge is -2.26. The third-order valence-corrected chi connectivity index (χ3v) is 4.72. The number of aromatic nitrogens is 3. The summed E-state index contributed by atoms with van der Waals surface area (Å²) < 4.78 is 10.8. The van der Waals surface area contributed by atoms with Crippen LogP contribution in [0.5, 0.6) is 11.5 Å². The summed E-state index contributed by atoms with van der Waals surface area (Å²) in [5, 5.41) is 21.9. The number of morpholine rings is 1. The number of hydrogen-bond donors (Lipinski definition) is 2. The molecule has 0 spiro atoms. The van der Waals surface area contributed by atoms with Gasteiger partial charge in [0.25, 0.3) is 5.95 Å². The molecule has 2 N–H and O–H groups in total. The maximum atomic E-state index is 10.3. The van der Waals surface area contributed by atoms with E-state index < -0.39 is 0 Å². The average Bonchev–Trinajstić information content (AvgIpc) is 2.83. The Labute approximate surface area is 186 Å². The first-order chi connectivity index (χ1) is 15.7. The van der Waals surface area contributed by atoms with Crippen molar-refractivity contribution in [3.63, 3.8) is 0 Å². The van der Waals surface area contributed by atoms with Crippen LogP contribution in [0.4, 0.5) is 23.5 Å². The molecule has 32 heavy (non-hydrogen) atoms. The number of anilines is 3. The Hall–Kier alpha value is -3.79. The van der Waals surface area contributed by atoms with Crippen molar-refractivity contribution in [1.29, 1.82) is 0 Å². The fourth-order valence-corrected chi connectivity index (χ4v) is 3.15. The summed E-state index contributed by atoms with van der Waals surface area (Å²) in [5.41, 5.74) is 1.46. The van der Waals surface area contributed by atoms with Crippen LogP contribution in [-0.4, -0.2) is 53.0 Å². The van der Waals surface area contributed by atoms with Gasteiger partial charge in [-0.05, 0) is 25.1 Å². The van der Waals surface area contributed by atoms with Gasteiger partial charge in [0.2, 0.25) is 11.9 Å². The predicted molar refractivity (Wildman–Crippen MR) is 120 cm³/mol. The molecule has 1 aliphatic heterocycles. The van der Waals surface area contributed by atoms with Gasteiger partial charge < -0.3 is 24.8 Å². The van der Waals surface area contributed by atoms with Crippen molar-refractivity contribution in [3.05, 3.63) is 54.1 Å². The highest BCUT2D eigenvalue weighted by Crippen LogP contribution is 2.30. The van der Waals surface area contributed by atoms with E-state index in [4.69, 9.17) is 9.47 Å². The summed E-state index contributed by atoms with van der Waals surface area (Å²) in [6, 6.07) is 14.9. The lowest BCUT2D eigenvalue weighted by atomic mass is 10.2. The van der Waals surface area contributed by atoms with Crippen LogP contribution < -0.4 is 15.0 Å². The fraction of sp³-hybridized carbons (Fsp3) is 0.318. The molecule has 1 aromatic heterocycles. The molecule has 3 aromatic rings. The van der Waals surface area contributed by atoms with Gasteiger partial charge in [0.1, 0.15) is 0 Å². The van der Waals surface area contributed by atoms with Crippen molar-refractivity contribution in [2.24, 2.45) is 10.2 Å². The van der Waals surface area contributed by atoms with Gasteiger partial charge >= 0.3 is 0 Å². The van der Waals surface area contributed by atoms with E-state index in [9.17, 15) is 5.11 Å². The number of ether oxygens (including phenoxy) is 2. The summed E-state index contributed by atoms with van der Waals surface area (Å²) in [5.74, 6) is 1.55. The monoisotopic (exact) mass is 435 g/mol. The highest BCUT2D eigenvalue weighted by atomic mass is 16.5. The number of azo groups is 1. The highest BCUT2D eigenvalue weighted by molar-refractivity contribution is 5.55. The molecular weight excluding hydrogens is 410 g/mol. The SMILES string of the molecule is CCOc1cccc(CN=Nc2nc(Nc3ccccc3)nc(N3CCOCC3)n2)c1O. The summed E-state index contributed by atoms with van der Waals surface area (Å²) in [6.07, 6.45) is 0. The maximum Gasteiger partial charge on any atom is 0.275 e. The van der Waals surface area contributed by atoms with E-state index in [1.165, 1.54) is 0 Å². The molecular formula is C22H25N7O3. The number of benzene rings is 2. The highest BCUT2D eigenvalue weighted by Gasteiger charge is 2.17. The second kappa shape index (κ2) is 10.5. The third kappa shape index (κ3) is 5.46. The van der Waals surface area contributed by atoms with Crippen molar-refractivity contribution in [2.45, 2.75) is 13.5 Å². The van der Waals surface area contributed by atoms with Gasteiger partial charge in [-0.25, -0.2) is 0 Å². The van der Waals surface area contributed by atoms with Crippen LogP contribution in [0.15, 0.2) is 58.8 Å². The molecule has 2 heterocycles. The molecule has 0 atom stereocenters. The van der Waals surface area contributed by atoms with Gasteiger partial charge in [-0.3, -0.25) is 0 Å². The number of nitrogens with zero attached hydrogens (tertiary/aromatic N) is 6. The predicted octanol–water partition coefficient (Wildman–Crippen LogP) is 3.84. The summed E-state index contributed by atoms with van der Waals surface area (Å²) in [6.45, 7) is 5.07. The quantitative estimate of drug-likeness (QED) is 0.513. The zero-order chi connectivity index (χ0) is 22.2. The van der Waals surface area contributed by atoms with Crippen molar-refractivity contribution in [3.8, 4) is 11.5 Å². The Morgan fingerprint density at radius 1 is 1.06 bits per heavy atom. The Bertz CT molecular complexity index is 1060. The normalized spacial score (nSPS) is 14.0. The van der Waals surface area contributed by atoms with E-state index in [1.807, 2.05) is 42.2 Å². The smallest absolute Gasteiger partial charge is 0.275 e. The van der Waals surface area contributed by atoms with Crippen molar-refractivity contribution < 1.29 is 14.6 Å². The van der Waals surface area contributed by atoms with Crippen molar-refractivity contribution in [2.75, 3.05) is 43.1 Å². The number of hydrogen-bond acceptors (Lipinski definition) is 10. The molecule has 4 rings (SSSR count). The number of phenolic OH excluding ortho intramolecular Hbond substituents is 1. The van der Waals surface area contributed by atoms with Crippen molar-refractivity contribution in [1.82, 2.24) is 15.0 Å². The van der Waals surface area contributed by atoms with E-state index in [1.54, 1.807) is 18.2 Å². The number of nitrogens with one attached hydrogen (secondary N) is 1. The zero-order valence-corrected chi connectivity index (χ0v) is 17.8. The molecule has 1 aliphatic rings. The van der Waals surface area contributed by atoms with Crippen LogP contribution >= 0.6 is 0 Å². The summed E-state index contributed by atoms with van der Waals surface area (Å²) in [4.78, 5) is 15.4. The Kier molecular flexibility index (Phi) is 7.03. The minimum atomic E-state index is 0.0596. The molecule has 1 fully saturated rings.